The molecule has 6 heteroatoms. The number of rotatable bonds is 4. The van der Waals surface area contributed by atoms with Crippen LogP contribution in [0, 0.1) is 0 Å². The first kappa shape index (κ1) is 11.9. The van der Waals surface area contributed by atoms with Crippen LogP contribution in [0.25, 0.3) is 0 Å². The van der Waals surface area contributed by atoms with Gasteiger partial charge in [0.25, 0.3) is 0 Å². The molecule has 0 spiro atoms. The molecule has 1 rings (SSSR count). The van der Waals surface area contributed by atoms with Gasteiger partial charge in [-0.25, -0.2) is 4.79 Å². The van der Waals surface area contributed by atoms with Gasteiger partial charge in [-0.05, 0) is 23.9 Å². The molecule has 0 radical (unpaired) electrons. The van der Waals surface area contributed by atoms with E-state index in [4.69, 9.17) is 23.1 Å². The minimum absolute atomic E-state index is 0.201. The molecule has 1 heterocycles. The Morgan fingerprint density at radius 2 is 2.47 bits per heavy atom. The normalized spacial score (nSPS) is 12.1. The summed E-state index contributed by atoms with van der Waals surface area (Å²) in [7, 11) is 0. The molecule has 0 saturated heterocycles. The number of hydrogen-bond donors (Lipinski definition) is 3. The van der Waals surface area contributed by atoms with Crippen LogP contribution in [-0.4, -0.2) is 16.2 Å². The lowest BCUT2D eigenvalue weighted by atomic mass is 10.2. The van der Waals surface area contributed by atoms with Crippen LogP contribution >= 0.6 is 23.6 Å². The van der Waals surface area contributed by atoms with Crippen molar-refractivity contribution >= 4 is 34.6 Å². The van der Waals surface area contributed by atoms with Crippen molar-refractivity contribution in [1.29, 1.82) is 0 Å². The zero-order chi connectivity index (χ0) is 11.4. The van der Waals surface area contributed by atoms with Crippen molar-refractivity contribution in [3.63, 3.8) is 0 Å². The first-order valence-corrected chi connectivity index (χ1v) is 5.63. The van der Waals surface area contributed by atoms with Crippen LogP contribution in [0.1, 0.15) is 23.4 Å². The summed E-state index contributed by atoms with van der Waals surface area (Å²) in [4.78, 5) is 11.8. The van der Waals surface area contributed by atoms with Gasteiger partial charge in [0.05, 0.1) is 11.0 Å². The Kier molecular flexibility index (Phi) is 4.05. The second-order valence-corrected chi connectivity index (χ2v) is 4.64. The molecule has 15 heavy (non-hydrogen) atoms. The van der Waals surface area contributed by atoms with E-state index in [1.165, 1.54) is 11.3 Å². The van der Waals surface area contributed by atoms with Gasteiger partial charge in [0.2, 0.25) is 0 Å². The van der Waals surface area contributed by atoms with E-state index in [1.54, 1.807) is 6.92 Å². The molecular weight excluding hydrogens is 232 g/mol. The quantitative estimate of drug-likeness (QED) is 0.707. The van der Waals surface area contributed by atoms with Crippen molar-refractivity contribution in [3.8, 4) is 0 Å². The van der Waals surface area contributed by atoms with Crippen molar-refractivity contribution in [2.45, 2.75) is 19.4 Å². The molecule has 82 valence electrons. The molecule has 1 aromatic heterocycles. The molecule has 1 aromatic rings. The number of carboxylic acid groups (broad SMARTS) is 1. The summed E-state index contributed by atoms with van der Waals surface area (Å²) < 4.78 is 0. The maximum absolute atomic E-state index is 10.4. The zero-order valence-corrected chi connectivity index (χ0v) is 9.82. The van der Waals surface area contributed by atoms with Crippen LogP contribution in [-0.2, 0) is 6.42 Å². The average molecular weight is 244 g/mol. The van der Waals surface area contributed by atoms with Gasteiger partial charge in [0.1, 0.15) is 0 Å². The third-order valence-corrected chi connectivity index (χ3v) is 3.13. The van der Waals surface area contributed by atoms with E-state index in [0.29, 0.717) is 11.4 Å². The third kappa shape index (κ3) is 3.85. The van der Waals surface area contributed by atoms with Gasteiger partial charge in [0.15, 0.2) is 0 Å². The van der Waals surface area contributed by atoms with Gasteiger partial charge < -0.3 is 16.2 Å². The Morgan fingerprint density at radius 1 is 1.80 bits per heavy atom. The van der Waals surface area contributed by atoms with Crippen molar-refractivity contribution in [2.24, 2.45) is 5.73 Å². The van der Waals surface area contributed by atoms with Gasteiger partial charge in [-0.1, -0.05) is 12.2 Å². The minimum Gasteiger partial charge on any atom is -0.465 e. The van der Waals surface area contributed by atoms with Crippen LogP contribution in [0.15, 0.2) is 11.4 Å². The highest BCUT2D eigenvalue weighted by Crippen LogP contribution is 2.22. The Balaban J connectivity index is 2.66. The summed E-state index contributed by atoms with van der Waals surface area (Å²) in [6, 6.07) is 1.72. The van der Waals surface area contributed by atoms with E-state index in [-0.39, 0.29) is 6.04 Å². The fraction of sp³-hybridized carbons (Fsp3) is 0.333. The van der Waals surface area contributed by atoms with Gasteiger partial charge in [-0.3, -0.25) is 0 Å². The average Bonchev–Trinajstić information content (AvgIpc) is 2.50. The molecule has 0 aromatic carbocycles. The van der Waals surface area contributed by atoms with Crippen LogP contribution in [0.3, 0.4) is 0 Å². The number of amides is 1. The minimum atomic E-state index is -1.02. The van der Waals surface area contributed by atoms with Crippen molar-refractivity contribution in [1.82, 2.24) is 5.32 Å². The molecule has 0 unspecified atom stereocenters. The topological polar surface area (TPSA) is 75.3 Å². The highest BCUT2D eigenvalue weighted by molar-refractivity contribution is 7.80. The summed E-state index contributed by atoms with van der Waals surface area (Å²) in [5.41, 5.74) is 6.45. The van der Waals surface area contributed by atoms with E-state index in [2.05, 4.69) is 5.32 Å². The predicted octanol–water partition coefficient (Wildman–Crippen LogP) is 1.91. The highest BCUT2D eigenvalue weighted by Gasteiger charge is 2.10. The van der Waals surface area contributed by atoms with Crippen molar-refractivity contribution in [2.75, 3.05) is 0 Å². The molecule has 4 N–H and O–H groups in total. The summed E-state index contributed by atoms with van der Waals surface area (Å²) in [5, 5.41) is 12.9. The number of carbonyl (C=O) groups is 1. The van der Waals surface area contributed by atoms with E-state index >= 15 is 0 Å². The van der Waals surface area contributed by atoms with Gasteiger partial charge >= 0.3 is 6.09 Å². The number of hydrogen-bond acceptors (Lipinski definition) is 3. The van der Waals surface area contributed by atoms with Gasteiger partial charge in [-0.2, -0.15) is 0 Å². The van der Waals surface area contributed by atoms with Gasteiger partial charge in [0, 0.05) is 11.3 Å². The number of thiophene rings is 1. The molecule has 0 aliphatic rings. The summed E-state index contributed by atoms with van der Waals surface area (Å²) in [5.74, 6) is 0. The predicted molar refractivity (Wildman–Crippen MR) is 64.4 cm³/mol. The van der Waals surface area contributed by atoms with E-state index < -0.39 is 6.09 Å². The Labute approximate surface area is 97.1 Å². The first-order chi connectivity index (χ1) is 6.99. The van der Waals surface area contributed by atoms with Crippen LogP contribution in [0.2, 0.25) is 0 Å². The fourth-order valence-corrected chi connectivity index (χ4v) is 2.26. The maximum Gasteiger partial charge on any atom is 0.405 e. The third-order valence-electron chi connectivity index (χ3n) is 1.82. The summed E-state index contributed by atoms with van der Waals surface area (Å²) in [6.45, 7) is 1.80. The van der Waals surface area contributed by atoms with Crippen LogP contribution < -0.4 is 11.1 Å². The molecular formula is C9H12N2O2S2. The van der Waals surface area contributed by atoms with Crippen molar-refractivity contribution < 1.29 is 9.90 Å². The van der Waals surface area contributed by atoms with Crippen LogP contribution in [0.4, 0.5) is 4.79 Å². The highest BCUT2D eigenvalue weighted by atomic mass is 32.1. The number of nitrogens with one attached hydrogen (secondary N) is 1. The molecule has 0 fully saturated rings. The van der Waals surface area contributed by atoms with Crippen molar-refractivity contribution in [3.05, 3.63) is 21.9 Å². The van der Waals surface area contributed by atoms with E-state index in [1.807, 2.05) is 11.4 Å². The molecule has 4 nitrogen and oxygen atoms in total. The van der Waals surface area contributed by atoms with E-state index in [9.17, 15) is 4.79 Å². The smallest absolute Gasteiger partial charge is 0.405 e. The molecule has 0 aliphatic heterocycles. The zero-order valence-electron chi connectivity index (χ0n) is 8.19. The maximum atomic E-state index is 10.4. The van der Waals surface area contributed by atoms with Crippen LogP contribution in [0.5, 0.6) is 0 Å². The largest absolute Gasteiger partial charge is 0.465 e. The fourth-order valence-electron chi connectivity index (χ4n) is 1.17. The van der Waals surface area contributed by atoms with E-state index in [0.717, 1.165) is 10.4 Å². The number of nitrogens with two attached hydrogens (primary N) is 1. The SMILES string of the molecule is C[C@@H](NC(=O)O)c1cc(CC(N)=S)cs1. The summed E-state index contributed by atoms with van der Waals surface area (Å²) in [6.07, 6.45) is -0.460. The Bertz CT molecular complexity index is 376. The summed E-state index contributed by atoms with van der Waals surface area (Å²) >= 11 is 6.30. The number of thiocarbonyl (C=S) groups is 1. The molecule has 1 atom stereocenters. The lowest BCUT2D eigenvalue weighted by Crippen LogP contribution is -2.23. The molecule has 0 bridgehead atoms. The second kappa shape index (κ2) is 5.09. The second-order valence-electron chi connectivity index (χ2n) is 3.17. The van der Waals surface area contributed by atoms with Gasteiger partial charge in [-0.15, -0.1) is 11.3 Å². The Morgan fingerprint density at radius 3 is 3.00 bits per heavy atom. The monoisotopic (exact) mass is 244 g/mol. The lowest BCUT2D eigenvalue weighted by molar-refractivity contribution is 0.191. The standard InChI is InChI=1S/C9H12N2O2S2/c1-5(11-9(12)13)7-2-6(4-15-7)3-8(10)14/h2,4-5,11H,3H2,1H3,(H2,10,14)(H,12,13)/t5-/m1/s1. The molecule has 1 amide bonds. The lowest BCUT2D eigenvalue weighted by Gasteiger charge is -2.07. The molecule has 0 saturated carbocycles. The Hall–Kier alpha value is -1.14. The molecule has 0 aliphatic carbocycles. The first-order valence-electron chi connectivity index (χ1n) is 4.34.